The van der Waals surface area contributed by atoms with E-state index in [9.17, 15) is 5.11 Å². The van der Waals surface area contributed by atoms with Crippen molar-refractivity contribution in [3.8, 4) is 0 Å². The van der Waals surface area contributed by atoms with Crippen LogP contribution < -0.4 is 12.4 Å². The first-order chi connectivity index (χ1) is 15.7. The molecular weight excluding hydrogens is 442 g/mol. The minimum Gasteiger partial charge on any atom is -1.00 e. The van der Waals surface area contributed by atoms with Crippen molar-refractivity contribution in [3.63, 3.8) is 0 Å². The van der Waals surface area contributed by atoms with Crippen LogP contribution in [0.4, 0.5) is 0 Å². The predicted molar refractivity (Wildman–Crippen MR) is 143 cm³/mol. The van der Waals surface area contributed by atoms with E-state index in [1.807, 2.05) is 0 Å². The summed E-state index contributed by atoms with van der Waals surface area (Å²) in [4.78, 5) is 5.02. The largest absolute Gasteiger partial charge is 1.00 e. The van der Waals surface area contributed by atoms with Gasteiger partial charge in [-0.3, -0.25) is 0 Å². The molecule has 0 radical (unpaired) electrons. The van der Waals surface area contributed by atoms with Crippen molar-refractivity contribution in [2.45, 2.75) is 86.2 Å². The second kappa shape index (κ2) is 15.4. The highest BCUT2D eigenvalue weighted by Crippen LogP contribution is 2.31. The Kier molecular flexibility index (Phi) is 14.6. The molecule has 34 heavy (non-hydrogen) atoms. The predicted octanol–water partition coefficient (Wildman–Crippen LogP) is 2.22. The van der Waals surface area contributed by atoms with Gasteiger partial charge in [0.1, 0.15) is 0 Å². The van der Waals surface area contributed by atoms with Crippen molar-refractivity contribution in [1.82, 2.24) is 9.80 Å². The fourth-order valence-electron chi connectivity index (χ4n) is 7.44. The lowest BCUT2D eigenvalue weighted by Crippen LogP contribution is -3.00. The van der Waals surface area contributed by atoms with Gasteiger partial charge in [-0.2, -0.15) is 0 Å². The van der Waals surface area contributed by atoms with Crippen molar-refractivity contribution in [2.24, 2.45) is 35.5 Å². The van der Waals surface area contributed by atoms with Crippen molar-refractivity contribution in [1.29, 1.82) is 0 Å². The van der Waals surface area contributed by atoms with Crippen LogP contribution in [0.1, 0.15) is 80.1 Å². The first-order valence-corrected chi connectivity index (χ1v) is 14.6. The molecule has 3 aliphatic heterocycles. The summed E-state index contributed by atoms with van der Waals surface area (Å²) in [6.07, 6.45) is 7.71. The van der Waals surface area contributed by atoms with Crippen LogP contribution in [-0.4, -0.2) is 91.9 Å². The van der Waals surface area contributed by atoms with E-state index >= 15 is 0 Å². The maximum atomic E-state index is 10.5. The van der Waals surface area contributed by atoms with Gasteiger partial charge in [0.2, 0.25) is 0 Å². The maximum absolute atomic E-state index is 10.5. The number of rotatable bonds is 10. The van der Waals surface area contributed by atoms with Gasteiger partial charge in [-0.05, 0) is 36.5 Å². The van der Waals surface area contributed by atoms with Crippen LogP contribution in [0.15, 0.2) is 0 Å². The van der Waals surface area contributed by atoms with E-state index in [0.29, 0.717) is 0 Å². The van der Waals surface area contributed by atoms with Crippen LogP contribution in [0.25, 0.3) is 0 Å². The van der Waals surface area contributed by atoms with Gasteiger partial charge in [-0.1, -0.05) is 67.2 Å². The Morgan fingerprint density at radius 3 is 1.09 bits per heavy atom. The summed E-state index contributed by atoms with van der Waals surface area (Å²) in [6, 6.07) is 0. The number of nitrogens with zero attached hydrogens (tertiary/aromatic N) is 3. The normalized spacial score (nSPS) is 34.5. The Labute approximate surface area is 219 Å². The average Bonchev–Trinajstić information content (AvgIpc) is 3.47. The molecule has 3 fully saturated rings. The maximum Gasteiger partial charge on any atom is 0.0815 e. The van der Waals surface area contributed by atoms with Crippen LogP contribution in [0, 0.1) is 35.5 Å². The van der Waals surface area contributed by atoms with Crippen molar-refractivity contribution < 1.29 is 22.0 Å². The fourth-order valence-corrected chi connectivity index (χ4v) is 7.44. The Hall–Kier alpha value is 0.130. The number of hydrogen-bond donors (Lipinski definition) is 1. The molecule has 0 aromatic rings. The lowest BCUT2D eigenvalue weighted by Gasteiger charge is -2.24. The molecule has 6 atom stereocenters. The summed E-state index contributed by atoms with van der Waals surface area (Å²) in [6.45, 7) is 23.2. The molecule has 4 nitrogen and oxygen atoms in total. The minimum absolute atomic E-state index is 0. The molecule has 0 aromatic carbocycles. The molecule has 0 bridgehead atoms. The zero-order chi connectivity index (χ0) is 24.6. The molecule has 0 spiro atoms. The topological polar surface area (TPSA) is 26.7 Å². The minimum atomic E-state index is -0.179. The summed E-state index contributed by atoms with van der Waals surface area (Å²) in [5.74, 6) is 5.37. The summed E-state index contributed by atoms with van der Waals surface area (Å²) in [5, 5.41) is 10.5. The van der Waals surface area contributed by atoms with Crippen LogP contribution in [0.5, 0.6) is 0 Å². The average molecular weight is 502 g/mol. The van der Waals surface area contributed by atoms with Gasteiger partial charge in [0, 0.05) is 51.1 Å². The molecule has 5 heteroatoms. The Morgan fingerprint density at radius 2 is 0.853 bits per heavy atom. The third kappa shape index (κ3) is 9.21. The third-order valence-corrected chi connectivity index (χ3v) is 9.51. The first kappa shape index (κ1) is 32.2. The fraction of sp³-hybridized carbons (Fsp3) is 1.00. The second-order valence-electron chi connectivity index (χ2n) is 12.4. The van der Waals surface area contributed by atoms with Crippen molar-refractivity contribution in [3.05, 3.63) is 0 Å². The monoisotopic (exact) mass is 501 g/mol. The van der Waals surface area contributed by atoms with E-state index in [1.54, 1.807) is 0 Å². The molecular formula is C29H60ClN3O. The van der Waals surface area contributed by atoms with E-state index in [4.69, 9.17) is 0 Å². The SMILES string of the molecule is CCC1CN(CC(O)CN2CC(CC)C(CC)C2)CC1CC.CCC1C[N+](C)(C)CC1CC.[Cl-]. The van der Waals surface area contributed by atoms with Crippen LogP contribution >= 0.6 is 0 Å². The Balaban J connectivity index is 0.000000407. The summed E-state index contributed by atoms with van der Waals surface area (Å²) in [5.41, 5.74) is 0. The van der Waals surface area contributed by atoms with E-state index in [0.717, 1.165) is 48.6 Å². The molecule has 0 saturated carbocycles. The molecule has 204 valence electrons. The van der Waals surface area contributed by atoms with E-state index in [2.05, 4.69) is 65.4 Å². The molecule has 0 amide bonds. The highest BCUT2D eigenvalue weighted by molar-refractivity contribution is 4.87. The molecule has 3 aliphatic rings. The molecule has 3 heterocycles. The quantitative estimate of drug-likeness (QED) is 0.465. The van der Waals surface area contributed by atoms with Gasteiger partial charge in [-0.15, -0.1) is 0 Å². The number of hydrogen-bond acceptors (Lipinski definition) is 3. The molecule has 1 N–H and O–H groups in total. The van der Waals surface area contributed by atoms with Crippen molar-refractivity contribution in [2.75, 3.05) is 66.5 Å². The second-order valence-corrected chi connectivity index (χ2v) is 12.4. The van der Waals surface area contributed by atoms with E-state index in [1.165, 1.54) is 82.3 Å². The highest BCUT2D eigenvalue weighted by atomic mass is 35.5. The number of likely N-dealkylation sites (tertiary alicyclic amines) is 3. The standard InChI is InChI=1S/C19H38N2O.C10H22N.ClH/c1-5-15-9-20(10-16(15)6-2)13-19(22)14-21-11-17(7-3)18(8-4)12-21;1-5-9-7-11(3,4)8-10(9)6-2;/h15-19,22H,5-14H2,1-4H3;9-10H,5-8H2,1-4H3;1H/q;+1;/p-1. The lowest BCUT2D eigenvalue weighted by atomic mass is 9.92. The van der Waals surface area contributed by atoms with Gasteiger partial charge >= 0.3 is 0 Å². The van der Waals surface area contributed by atoms with Crippen LogP contribution in [0.2, 0.25) is 0 Å². The van der Waals surface area contributed by atoms with Crippen LogP contribution in [-0.2, 0) is 0 Å². The summed E-state index contributed by atoms with van der Waals surface area (Å²) >= 11 is 0. The van der Waals surface area contributed by atoms with Gasteiger partial charge in [0.15, 0.2) is 0 Å². The van der Waals surface area contributed by atoms with E-state index < -0.39 is 0 Å². The Bertz CT molecular complexity index is 477. The molecule has 6 unspecified atom stereocenters. The lowest BCUT2D eigenvalue weighted by molar-refractivity contribution is -0.880. The smallest absolute Gasteiger partial charge is 0.0815 e. The number of quaternary nitrogens is 1. The number of halogens is 1. The molecule has 0 aromatic heterocycles. The zero-order valence-electron chi connectivity index (χ0n) is 24.1. The van der Waals surface area contributed by atoms with Gasteiger partial charge in [0.25, 0.3) is 0 Å². The highest BCUT2D eigenvalue weighted by Gasteiger charge is 2.37. The molecule has 3 rings (SSSR count). The first-order valence-electron chi connectivity index (χ1n) is 14.6. The van der Waals surface area contributed by atoms with Gasteiger partial charge in [-0.25, -0.2) is 0 Å². The number of aliphatic hydroxyl groups excluding tert-OH is 1. The van der Waals surface area contributed by atoms with Gasteiger partial charge in [0.05, 0.1) is 33.3 Å². The zero-order valence-corrected chi connectivity index (χ0v) is 24.9. The van der Waals surface area contributed by atoms with Gasteiger partial charge < -0.3 is 31.8 Å². The number of aliphatic hydroxyl groups is 1. The molecule has 3 saturated heterocycles. The van der Waals surface area contributed by atoms with E-state index in [-0.39, 0.29) is 18.5 Å². The summed E-state index contributed by atoms with van der Waals surface area (Å²) in [7, 11) is 4.72. The molecule has 0 aliphatic carbocycles. The number of β-amino-alcohol motifs (C(OH)–C–C–N with tert-alkyl or cyclic N) is 1. The van der Waals surface area contributed by atoms with Crippen LogP contribution in [0.3, 0.4) is 0 Å². The third-order valence-electron chi connectivity index (χ3n) is 9.51. The Morgan fingerprint density at radius 1 is 0.588 bits per heavy atom. The summed E-state index contributed by atoms with van der Waals surface area (Å²) < 4.78 is 1.25. The van der Waals surface area contributed by atoms with Crippen molar-refractivity contribution >= 4 is 0 Å².